The summed E-state index contributed by atoms with van der Waals surface area (Å²) in [5.41, 5.74) is 1.48. The fraction of sp³-hybridized carbons (Fsp3) is 0.429. The van der Waals surface area contributed by atoms with E-state index in [9.17, 15) is 4.39 Å². The molecule has 1 N–H and O–H groups in total. The van der Waals surface area contributed by atoms with E-state index in [4.69, 9.17) is 21.1 Å². The maximum Gasteiger partial charge on any atom is 0.180 e. The van der Waals surface area contributed by atoms with Crippen LogP contribution in [0.1, 0.15) is 25.0 Å². The first-order valence-corrected chi connectivity index (χ1v) is 9.62. The lowest BCUT2D eigenvalue weighted by atomic mass is 10.2. The van der Waals surface area contributed by atoms with Gasteiger partial charge in [-0.3, -0.25) is 0 Å². The molecule has 0 atom stereocenters. The van der Waals surface area contributed by atoms with E-state index in [-0.39, 0.29) is 12.4 Å². The molecule has 2 rings (SSSR count). The second kappa shape index (κ2) is 11.1. The number of methoxy groups -OCH3 is 1. The highest BCUT2D eigenvalue weighted by Gasteiger charge is 2.13. The minimum atomic E-state index is -0.304. The molecule has 4 nitrogen and oxygen atoms in total. The minimum absolute atomic E-state index is 0.0875. The zero-order valence-electron chi connectivity index (χ0n) is 16.2. The first-order valence-electron chi connectivity index (χ1n) is 9.24. The van der Waals surface area contributed by atoms with E-state index in [2.05, 4.69) is 24.1 Å². The Balaban J connectivity index is 1.98. The summed E-state index contributed by atoms with van der Waals surface area (Å²) in [5.74, 6) is 0.662. The van der Waals surface area contributed by atoms with Gasteiger partial charge in [-0.1, -0.05) is 43.6 Å². The molecule has 0 radical (unpaired) electrons. The number of hydrogen-bond donors (Lipinski definition) is 1. The number of nitrogens with zero attached hydrogens (tertiary/aromatic N) is 1. The molecule has 0 saturated heterocycles. The number of rotatable bonds is 11. The number of likely N-dealkylation sites (N-methyl/N-ethyl adjacent to an activating group) is 1. The lowest BCUT2D eigenvalue weighted by Gasteiger charge is -2.18. The van der Waals surface area contributed by atoms with Gasteiger partial charge in [0.2, 0.25) is 0 Å². The van der Waals surface area contributed by atoms with Crippen molar-refractivity contribution in [2.24, 2.45) is 0 Å². The van der Waals surface area contributed by atoms with Crippen LogP contribution in [-0.2, 0) is 13.2 Å². The van der Waals surface area contributed by atoms with Gasteiger partial charge in [-0.15, -0.1) is 0 Å². The van der Waals surface area contributed by atoms with Crippen LogP contribution in [0.3, 0.4) is 0 Å². The number of hydrogen-bond acceptors (Lipinski definition) is 4. The summed E-state index contributed by atoms with van der Waals surface area (Å²) in [4.78, 5) is 2.36. The van der Waals surface area contributed by atoms with E-state index in [1.807, 2.05) is 12.1 Å². The number of benzene rings is 2. The summed E-state index contributed by atoms with van der Waals surface area (Å²) in [6, 6.07) is 10.3. The van der Waals surface area contributed by atoms with Gasteiger partial charge in [0, 0.05) is 25.2 Å². The third-order valence-corrected chi connectivity index (χ3v) is 4.73. The Morgan fingerprint density at radius 1 is 1.15 bits per heavy atom. The highest BCUT2D eigenvalue weighted by Crippen LogP contribution is 2.37. The molecule has 2 aromatic carbocycles. The molecule has 0 amide bonds. The highest BCUT2D eigenvalue weighted by molar-refractivity contribution is 6.32. The van der Waals surface area contributed by atoms with Gasteiger partial charge in [0.1, 0.15) is 12.4 Å². The first kappa shape index (κ1) is 21.5. The minimum Gasteiger partial charge on any atom is -0.493 e. The van der Waals surface area contributed by atoms with Gasteiger partial charge in [-0.2, -0.15) is 0 Å². The average Bonchev–Trinajstić information content (AvgIpc) is 2.68. The summed E-state index contributed by atoms with van der Waals surface area (Å²) in [6.07, 6.45) is 0. The van der Waals surface area contributed by atoms with Crippen molar-refractivity contribution in [1.29, 1.82) is 0 Å². The summed E-state index contributed by atoms with van der Waals surface area (Å²) in [5, 5.41) is 3.87. The lowest BCUT2D eigenvalue weighted by Crippen LogP contribution is -2.31. The second-order valence-corrected chi connectivity index (χ2v) is 6.60. The molecule has 0 aromatic heterocycles. The third-order valence-electron chi connectivity index (χ3n) is 4.45. The maximum atomic E-state index is 13.8. The summed E-state index contributed by atoms with van der Waals surface area (Å²) in [6.45, 7) is 9.09. The van der Waals surface area contributed by atoms with Gasteiger partial charge in [0.15, 0.2) is 11.5 Å². The molecule has 2 aromatic rings. The van der Waals surface area contributed by atoms with Gasteiger partial charge in [-0.05, 0) is 36.9 Å². The van der Waals surface area contributed by atoms with Gasteiger partial charge in [0.25, 0.3) is 0 Å². The number of nitrogens with one attached hydrogen (secondary N) is 1. The predicted molar refractivity (Wildman–Crippen MR) is 108 cm³/mol. The van der Waals surface area contributed by atoms with E-state index in [1.54, 1.807) is 25.3 Å². The quantitative estimate of drug-likeness (QED) is 0.569. The van der Waals surface area contributed by atoms with Crippen LogP contribution < -0.4 is 14.8 Å². The number of ether oxygens (including phenoxy) is 2. The summed E-state index contributed by atoms with van der Waals surface area (Å²) >= 11 is 6.39. The normalized spacial score (nSPS) is 11.0. The Labute approximate surface area is 166 Å². The Hall–Kier alpha value is -1.82. The SMILES string of the molecule is CCN(CC)CCNCc1cc(Cl)c(OCc2ccccc2F)c(OC)c1. The van der Waals surface area contributed by atoms with Gasteiger partial charge < -0.3 is 19.7 Å². The standard InChI is InChI=1S/C21H28ClFN2O2/c1-4-25(5-2)11-10-24-14-16-12-18(22)21(20(13-16)26-3)27-15-17-8-6-7-9-19(17)23/h6-9,12-13,24H,4-5,10-11,14-15H2,1-3H3. The smallest absolute Gasteiger partial charge is 0.180 e. The maximum absolute atomic E-state index is 13.8. The second-order valence-electron chi connectivity index (χ2n) is 6.19. The van der Waals surface area contributed by atoms with Crippen molar-refractivity contribution in [3.63, 3.8) is 0 Å². The van der Waals surface area contributed by atoms with Crippen LogP contribution in [-0.4, -0.2) is 38.2 Å². The van der Waals surface area contributed by atoms with Gasteiger partial charge >= 0.3 is 0 Å². The summed E-state index contributed by atoms with van der Waals surface area (Å²) < 4.78 is 24.9. The molecule has 0 heterocycles. The van der Waals surface area contributed by atoms with Crippen LogP contribution in [0.4, 0.5) is 4.39 Å². The molecule has 0 unspecified atom stereocenters. The highest BCUT2D eigenvalue weighted by atomic mass is 35.5. The van der Waals surface area contributed by atoms with Crippen molar-refractivity contribution in [2.45, 2.75) is 27.0 Å². The molecule has 0 aliphatic rings. The average molecular weight is 395 g/mol. The molecule has 27 heavy (non-hydrogen) atoms. The van der Waals surface area contributed by atoms with Crippen molar-refractivity contribution in [2.75, 3.05) is 33.3 Å². The van der Waals surface area contributed by atoms with Crippen molar-refractivity contribution >= 4 is 11.6 Å². The molecule has 0 aliphatic carbocycles. The molecule has 0 saturated carbocycles. The van der Waals surface area contributed by atoms with Crippen LogP contribution in [0, 0.1) is 5.82 Å². The van der Waals surface area contributed by atoms with E-state index in [0.29, 0.717) is 28.6 Å². The van der Waals surface area contributed by atoms with Crippen LogP contribution in [0.15, 0.2) is 36.4 Å². The van der Waals surface area contributed by atoms with E-state index >= 15 is 0 Å². The lowest BCUT2D eigenvalue weighted by molar-refractivity contribution is 0.279. The van der Waals surface area contributed by atoms with Crippen molar-refractivity contribution in [3.05, 3.63) is 58.4 Å². The topological polar surface area (TPSA) is 33.7 Å². The number of halogens is 2. The Kier molecular flexibility index (Phi) is 8.85. The fourth-order valence-corrected chi connectivity index (χ4v) is 3.08. The Morgan fingerprint density at radius 2 is 1.89 bits per heavy atom. The third kappa shape index (κ3) is 6.38. The molecule has 0 aliphatic heterocycles. The molecular weight excluding hydrogens is 367 g/mol. The van der Waals surface area contributed by atoms with Crippen molar-refractivity contribution in [1.82, 2.24) is 10.2 Å². The molecule has 0 bridgehead atoms. The first-order chi connectivity index (χ1) is 13.1. The molecule has 0 spiro atoms. The van der Waals surface area contributed by atoms with Crippen LogP contribution >= 0.6 is 11.6 Å². The molecule has 0 fully saturated rings. The predicted octanol–water partition coefficient (Wildman–Crippen LogP) is 4.50. The van der Waals surface area contributed by atoms with Crippen LogP contribution in [0.25, 0.3) is 0 Å². The zero-order valence-corrected chi connectivity index (χ0v) is 17.0. The zero-order chi connectivity index (χ0) is 19.6. The van der Waals surface area contributed by atoms with Gasteiger partial charge in [-0.25, -0.2) is 4.39 Å². The molecule has 148 valence electrons. The molecular formula is C21H28ClFN2O2. The van der Waals surface area contributed by atoms with E-state index < -0.39 is 0 Å². The fourth-order valence-electron chi connectivity index (χ4n) is 2.79. The molecule has 6 heteroatoms. The largest absolute Gasteiger partial charge is 0.493 e. The van der Waals surface area contributed by atoms with Crippen molar-refractivity contribution in [3.8, 4) is 11.5 Å². The van der Waals surface area contributed by atoms with Gasteiger partial charge in [0.05, 0.1) is 12.1 Å². The Bertz CT molecular complexity index is 723. The van der Waals surface area contributed by atoms with Crippen LogP contribution in [0.2, 0.25) is 5.02 Å². The van der Waals surface area contributed by atoms with Crippen LogP contribution in [0.5, 0.6) is 11.5 Å². The Morgan fingerprint density at radius 3 is 2.56 bits per heavy atom. The summed E-state index contributed by atoms with van der Waals surface area (Å²) in [7, 11) is 1.57. The van der Waals surface area contributed by atoms with E-state index in [0.717, 1.165) is 31.7 Å². The van der Waals surface area contributed by atoms with E-state index in [1.165, 1.54) is 6.07 Å². The monoisotopic (exact) mass is 394 g/mol. The van der Waals surface area contributed by atoms with Crippen molar-refractivity contribution < 1.29 is 13.9 Å².